The van der Waals surface area contributed by atoms with E-state index in [4.69, 9.17) is 0 Å². The molecule has 5 nitrogen and oxygen atoms in total. The Morgan fingerprint density at radius 1 is 1.24 bits per heavy atom. The van der Waals surface area contributed by atoms with Gasteiger partial charge in [-0.3, -0.25) is 4.98 Å². The van der Waals surface area contributed by atoms with Crippen molar-refractivity contribution in [2.24, 2.45) is 0 Å². The van der Waals surface area contributed by atoms with Crippen molar-refractivity contribution in [1.82, 2.24) is 9.88 Å². The van der Waals surface area contributed by atoms with Gasteiger partial charge in [0.25, 0.3) is 0 Å². The van der Waals surface area contributed by atoms with Crippen molar-refractivity contribution in [2.75, 3.05) is 18.5 Å². The highest BCUT2D eigenvalue weighted by Gasteiger charge is 2.44. The van der Waals surface area contributed by atoms with Crippen molar-refractivity contribution < 1.29 is 9.90 Å². The maximum atomic E-state index is 12.9. The third kappa shape index (κ3) is 2.78. The molecule has 0 spiro atoms. The normalized spacial score (nSPS) is 22.0. The second kappa shape index (κ2) is 6.48. The molecule has 130 valence electrons. The molecule has 1 unspecified atom stereocenters. The summed E-state index contributed by atoms with van der Waals surface area (Å²) in [5.74, 6) is 0. The number of benzene rings is 1. The summed E-state index contributed by atoms with van der Waals surface area (Å²) in [4.78, 5) is 19.2. The van der Waals surface area contributed by atoms with Gasteiger partial charge in [0.2, 0.25) is 0 Å². The zero-order chi connectivity index (χ0) is 17.3. The maximum absolute atomic E-state index is 12.9. The van der Waals surface area contributed by atoms with E-state index >= 15 is 0 Å². The minimum Gasteiger partial charge on any atom is -0.394 e. The topological polar surface area (TPSA) is 65.5 Å². The summed E-state index contributed by atoms with van der Waals surface area (Å²) < 4.78 is 0. The number of fused-ring (bicyclic) bond motifs is 1. The number of aromatic nitrogens is 1. The number of likely N-dealkylation sites (tertiary alicyclic amines) is 1. The number of aryl methyl sites for hydroxylation is 2. The predicted molar refractivity (Wildman–Crippen MR) is 96.4 cm³/mol. The van der Waals surface area contributed by atoms with Crippen LogP contribution in [0.2, 0.25) is 0 Å². The summed E-state index contributed by atoms with van der Waals surface area (Å²) in [6, 6.07) is 11.7. The molecule has 1 fully saturated rings. The van der Waals surface area contributed by atoms with Crippen LogP contribution in [-0.2, 0) is 18.4 Å². The average Bonchev–Trinajstić information content (AvgIpc) is 3.29. The standard InChI is InChI=1S/C20H23N3O2/c24-14-20(16-7-2-1-3-8-16)10-5-11-23(20)19(25)22-17-12-15-6-4-9-18(15)21-13-17/h1-3,7-8,12-13,24H,4-6,9-11,14H2,(H,22,25). The molecule has 1 aliphatic heterocycles. The minimum atomic E-state index is -0.643. The van der Waals surface area contributed by atoms with Gasteiger partial charge in [0.15, 0.2) is 0 Å². The lowest BCUT2D eigenvalue weighted by Gasteiger charge is -2.37. The summed E-state index contributed by atoms with van der Waals surface area (Å²) in [6.07, 6.45) is 6.57. The Morgan fingerprint density at radius 3 is 2.88 bits per heavy atom. The molecule has 1 atom stereocenters. The molecular formula is C20H23N3O2. The highest BCUT2D eigenvalue weighted by molar-refractivity contribution is 5.90. The van der Waals surface area contributed by atoms with Crippen LogP contribution in [0.4, 0.5) is 10.5 Å². The Morgan fingerprint density at radius 2 is 2.08 bits per heavy atom. The molecule has 2 amide bonds. The van der Waals surface area contributed by atoms with Crippen molar-refractivity contribution >= 4 is 11.7 Å². The minimum absolute atomic E-state index is 0.0765. The van der Waals surface area contributed by atoms with Gasteiger partial charge in [-0.05, 0) is 49.3 Å². The summed E-state index contributed by atoms with van der Waals surface area (Å²) in [7, 11) is 0. The van der Waals surface area contributed by atoms with Crippen LogP contribution in [-0.4, -0.2) is 34.2 Å². The van der Waals surface area contributed by atoms with Crippen LogP contribution in [0.1, 0.15) is 36.1 Å². The molecule has 1 aromatic heterocycles. The van der Waals surface area contributed by atoms with Gasteiger partial charge in [-0.25, -0.2) is 4.79 Å². The number of nitrogens with one attached hydrogen (secondary N) is 1. The van der Waals surface area contributed by atoms with Crippen molar-refractivity contribution in [3.8, 4) is 0 Å². The second-order valence-corrected chi connectivity index (χ2v) is 6.92. The third-order valence-electron chi connectivity index (χ3n) is 5.48. The van der Waals surface area contributed by atoms with E-state index in [0.717, 1.165) is 49.0 Å². The van der Waals surface area contributed by atoms with Crippen LogP contribution < -0.4 is 5.32 Å². The monoisotopic (exact) mass is 337 g/mol. The van der Waals surface area contributed by atoms with Crippen molar-refractivity contribution in [3.63, 3.8) is 0 Å². The van der Waals surface area contributed by atoms with Crippen LogP contribution in [0.15, 0.2) is 42.6 Å². The highest BCUT2D eigenvalue weighted by atomic mass is 16.3. The smallest absolute Gasteiger partial charge is 0.322 e. The molecule has 1 saturated heterocycles. The molecule has 2 aromatic rings. The number of urea groups is 1. The molecule has 2 heterocycles. The van der Waals surface area contributed by atoms with Gasteiger partial charge < -0.3 is 15.3 Å². The molecule has 1 aromatic carbocycles. The molecular weight excluding hydrogens is 314 g/mol. The molecule has 25 heavy (non-hydrogen) atoms. The third-order valence-corrected chi connectivity index (χ3v) is 5.48. The Kier molecular flexibility index (Phi) is 4.17. The van der Waals surface area contributed by atoms with Gasteiger partial charge in [-0.15, -0.1) is 0 Å². The number of anilines is 1. The van der Waals surface area contributed by atoms with E-state index in [0.29, 0.717) is 6.54 Å². The summed E-state index contributed by atoms with van der Waals surface area (Å²) in [5, 5.41) is 13.1. The van der Waals surface area contributed by atoms with E-state index in [-0.39, 0.29) is 12.6 Å². The van der Waals surface area contributed by atoms with Crippen molar-refractivity contribution in [3.05, 3.63) is 59.4 Å². The van der Waals surface area contributed by atoms with Gasteiger partial charge in [0.1, 0.15) is 0 Å². The largest absolute Gasteiger partial charge is 0.394 e. The zero-order valence-electron chi connectivity index (χ0n) is 14.2. The van der Waals surface area contributed by atoms with Crippen LogP contribution >= 0.6 is 0 Å². The van der Waals surface area contributed by atoms with Crippen LogP contribution in [0.3, 0.4) is 0 Å². The molecule has 2 aliphatic rings. The van der Waals surface area contributed by atoms with E-state index in [1.165, 1.54) is 5.56 Å². The first-order valence-corrected chi connectivity index (χ1v) is 8.96. The molecule has 4 rings (SSSR count). The molecule has 0 bridgehead atoms. The number of carbonyl (C=O) groups is 1. The lowest BCUT2D eigenvalue weighted by atomic mass is 9.88. The number of hydrogen-bond acceptors (Lipinski definition) is 3. The fourth-order valence-electron chi connectivity index (χ4n) is 4.16. The number of rotatable bonds is 3. The number of aliphatic hydroxyl groups excluding tert-OH is 1. The van der Waals surface area contributed by atoms with Gasteiger partial charge in [-0.2, -0.15) is 0 Å². The van der Waals surface area contributed by atoms with Crippen molar-refractivity contribution in [1.29, 1.82) is 0 Å². The number of amides is 2. The van der Waals surface area contributed by atoms with Gasteiger partial charge in [0.05, 0.1) is 24.0 Å². The number of hydrogen-bond donors (Lipinski definition) is 2. The fourth-order valence-corrected chi connectivity index (χ4v) is 4.16. The molecule has 1 aliphatic carbocycles. The molecule has 2 N–H and O–H groups in total. The van der Waals surface area contributed by atoms with Gasteiger partial charge in [0, 0.05) is 12.2 Å². The summed E-state index contributed by atoms with van der Waals surface area (Å²) in [5.41, 5.74) is 3.45. The summed E-state index contributed by atoms with van der Waals surface area (Å²) in [6.45, 7) is 0.562. The Balaban J connectivity index is 1.58. The van der Waals surface area contributed by atoms with Crippen molar-refractivity contribution in [2.45, 2.75) is 37.6 Å². The second-order valence-electron chi connectivity index (χ2n) is 6.92. The van der Waals surface area contributed by atoms with Crippen LogP contribution in [0.5, 0.6) is 0 Å². The van der Waals surface area contributed by atoms with Crippen LogP contribution in [0.25, 0.3) is 0 Å². The highest BCUT2D eigenvalue weighted by Crippen LogP contribution is 2.39. The SMILES string of the molecule is O=C(Nc1cnc2c(c1)CCC2)N1CCCC1(CO)c1ccccc1. The summed E-state index contributed by atoms with van der Waals surface area (Å²) >= 11 is 0. The van der Waals surface area contributed by atoms with Gasteiger partial charge in [-0.1, -0.05) is 30.3 Å². The fraction of sp³-hybridized carbons (Fsp3) is 0.400. The number of aliphatic hydroxyl groups is 1. The maximum Gasteiger partial charge on any atom is 0.322 e. The first-order valence-electron chi connectivity index (χ1n) is 8.96. The molecule has 0 saturated carbocycles. The molecule has 0 radical (unpaired) electrons. The van der Waals surface area contributed by atoms with E-state index in [1.807, 2.05) is 36.4 Å². The Bertz CT molecular complexity index is 778. The van der Waals surface area contributed by atoms with Crippen LogP contribution in [0, 0.1) is 0 Å². The lowest BCUT2D eigenvalue weighted by molar-refractivity contribution is 0.0885. The quantitative estimate of drug-likeness (QED) is 0.904. The van der Waals surface area contributed by atoms with E-state index in [1.54, 1.807) is 11.1 Å². The average molecular weight is 337 g/mol. The number of carbonyl (C=O) groups excluding carboxylic acids is 1. The number of nitrogens with zero attached hydrogens (tertiary/aromatic N) is 2. The Labute approximate surface area is 147 Å². The van der Waals surface area contributed by atoms with Gasteiger partial charge >= 0.3 is 6.03 Å². The zero-order valence-corrected chi connectivity index (χ0v) is 14.2. The first kappa shape index (κ1) is 16.1. The van der Waals surface area contributed by atoms with E-state index < -0.39 is 5.54 Å². The predicted octanol–water partition coefficient (Wildman–Crippen LogP) is 3.09. The van der Waals surface area contributed by atoms with E-state index in [9.17, 15) is 9.90 Å². The van der Waals surface area contributed by atoms with E-state index in [2.05, 4.69) is 10.3 Å². The number of pyridine rings is 1. The Hall–Kier alpha value is -2.40. The molecule has 5 heteroatoms. The first-order chi connectivity index (χ1) is 12.2. The lowest BCUT2D eigenvalue weighted by Crippen LogP contribution is -2.49.